The predicted molar refractivity (Wildman–Crippen MR) is 133 cm³/mol. The molecule has 2 aromatic rings. The Balaban J connectivity index is 0.00000342. The number of aliphatic hydroxyl groups is 1. The van der Waals surface area contributed by atoms with Crippen LogP contribution < -0.4 is 22.6 Å². The zero-order valence-corrected chi connectivity index (χ0v) is 21.0. The highest BCUT2D eigenvalue weighted by molar-refractivity contribution is 6.03. The smallest absolute Gasteiger partial charge is 0.411 e. The number of carbonyl (C=O) groups excluding carboxylic acids is 2. The highest BCUT2D eigenvalue weighted by Gasteiger charge is 2.27. The number of hydrogen-bond donors (Lipinski definition) is 2. The van der Waals surface area contributed by atoms with Crippen LogP contribution in [-0.2, 0) is 22.4 Å². The largest absolute Gasteiger partial charge is 1.00 e. The Hall–Kier alpha value is -2.65. The lowest BCUT2D eigenvalue weighted by Crippen LogP contribution is -3.00. The van der Waals surface area contributed by atoms with Gasteiger partial charge in [0.2, 0.25) is 5.91 Å². The van der Waals surface area contributed by atoms with Crippen molar-refractivity contribution in [2.75, 3.05) is 62.7 Å². The van der Waals surface area contributed by atoms with Gasteiger partial charge in [-0.3, -0.25) is 19.9 Å². The average molecular weight is 502 g/mol. The molecular formula is C26H34ClN4O4-. The number of aliphatic hydroxyl groups excluding tert-OH is 1. The van der Waals surface area contributed by atoms with E-state index in [4.69, 9.17) is 9.84 Å². The van der Waals surface area contributed by atoms with Crippen molar-refractivity contribution in [3.05, 3.63) is 53.6 Å². The molecule has 1 saturated heterocycles. The summed E-state index contributed by atoms with van der Waals surface area (Å²) in [4.78, 5) is 32.0. The third-order valence-corrected chi connectivity index (χ3v) is 6.52. The molecule has 0 unspecified atom stereocenters. The Kier molecular flexibility index (Phi) is 9.92. The zero-order chi connectivity index (χ0) is 23.9. The molecule has 0 saturated carbocycles. The Morgan fingerprint density at radius 2 is 1.60 bits per heavy atom. The minimum atomic E-state index is -0.505. The van der Waals surface area contributed by atoms with Gasteiger partial charge in [0, 0.05) is 51.4 Å². The quantitative estimate of drug-likeness (QED) is 0.556. The van der Waals surface area contributed by atoms with Crippen LogP contribution in [0.15, 0.2) is 42.5 Å². The van der Waals surface area contributed by atoms with Gasteiger partial charge in [-0.2, -0.15) is 0 Å². The van der Waals surface area contributed by atoms with Crippen LogP contribution in [0.3, 0.4) is 0 Å². The fraction of sp³-hybridized carbons (Fsp3) is 0.462. The van der Waals surface area contributed by atoms with Crippen LogP contribution in [0.4, 0.5) is 21.9 Å². The average Bonchev–Trinajstić information content (AvgIpc) is 3.00. The van der Waals surface area contributed by atoms with E-state index in [9.17, 15) is 9.59 Å². The normalized spacial score (nSPS) is 15.9. The van der Waals surface area contributed by atoms with E-state index in [-0.39, 0.29) is 24.9 Å². The van der Waals surface area contributed by atoms with E-state index in [0.29, 0.717) is 31.8 Å². The number of anilines is 3. The Bertz CT molecular complexity index is 1010. The summed E-state index contributed by atoms with van der Waals surface area (Å²) in [5, 5.41) is 11.9. The first kappa shape index (κ1) is 26.9. The number of benzene rings is 2. The van der Waals surface area contributed by atoms with Gasteiger partial charge in [-0.25, -0.2) is 4.79 Å². The molecule has 4 rings (SSSR count). The maximum atomic E-state index is 13.7. The number of amides is 2. The Morgan fingerprint density at radius 3 is 2.29 bits per heavy atom. The molecule has 1 fully saturated rings. The molecule has 2 N–H and O–H groups in total. The lowest BCUT2D eigenvalue weighted by molar-refractivity contribution is -0.118. The van der Waals surface area contributed by atoms with Crippen molar-refractivity contribution in [3.63, 3.8) is 0 Å². The lowest BCUT2D eigenvalue weighted by Gasteiger charge is -2.34. The molecule has 0 aliphatic carbocycles. The van der Waals surface area contributed by atoms with Crippen LogP contribution in [-0.4, -0.2) is 79.4 Å². The number of nitrogens with zero attached hydrogens (tertiary/aromatic N) is 3. The molecule has 0 bridgehead atoms. The van der Waals surface area contributed by atoms with Crippen molar-refractivity contribution in [2.24, 2.45) is 0 Å². The zero-order valence-electron chi connectivity index (χ0n) is 20.2. The number of β-amino-alcohol motifs (C(OH)–C–C–N with tert-alkyl or cyclic N) is 1. The first-order chi connectivity index (χ1) is 16.6. The highest BCUT2D eigenvalue weighted by atomic mass is 35.5. The van der Waals surface area contributed by atoms with Gasteiger partial charge in [-0.1, -0.05) is 24.3 Å². The summed E-state index contributed by atoms with van der Waals surface area (Å²) in [6.07, 6.45) is 1.57. The van der Waals surface area contributed by atoms with Gasteiger partial charge in [-0.05, 0) is 49.1 Å². The van der Waals surface area contributed by atoms with Gasteiger partial charge in [0.1, 0.15) is 0 Å². The van der Waals surface area contributed by atoms with Crippen molar-refractivity contribution in [2.45, 2.75) is 26.2 Å². The monoisotopic (exact) mass is 501 g/mol. The number of rotatable bonds is 7. The SMILES string of the molecule is CCOC(=O)Nc1ccc2c(c1)N(C(=O)CCN1CCN(CCO)CC1)c1ccccc1CC2.[Cl-]. The fourth-order valence-corrected chi connectivity index (χ4v) is 4.70. The molecule has 35 heavy (non-hydrogen) atoms. The van der Waals surface area contributed by atoms with Crippen molar-refractivity contribution in [1.29, 1.82) is 0 Å². The van der Waals surface area contributed by atoms with Gasteiger partial charge in [0.25, 0.3) is 0 Å². The second-order valence-corrected chi connectivity index (χ2v) is 8.70. The molecule has 0 aromatic heterocycles. The maximum Gasteiger partial charge on any atom is 0.411 e. The number of ether oxygens (including phenoxy) is 1. The van der Waals surface area contributed by atoms with Crippen LogP contribution in [0, 0.1) is 0 Å². The number of fused-ring (bicyclic) bond motifs is 2. The van der Waals surface area contributed by atoms with E-state index in [2.05, 4.69) is 21.2 Å². The van der Waals surface area contributed by atoms with Gasteiger partial charge < -0.3 is 27.2 Å². The van der Waals surface area contributed by atoms with E-state index >= 15 is 0 Å². The van der Waals surface area contributed by atoms with Crippen molar-refractivity contribution < 1.29 is 31.8 Å². The molecule has 0 radical (unpaired) electrons. The van der Waals surface area contributed by atoms with Gasteiger partial charge in [0.15, 0.2) is 0 Å². The molecule has 0 spiro atoms. The van der Waals surface area contributed by atoms with Gasteiger partial charge >= 0.3 is 6.09 Å². The number of piperazine rings is 1. The molecule has 2 amide bonds. The van der Waals surface area contributed by atoms with Crippen LogP contribution in [0.5, 0.6) is 0 Å². The first-order valence-electron chi connectivity index (χ1n) is 12.1. The number of nitrogens with one attached hydrogen (secondary N) is 1. The second kappa shape index (κ2) is 12.9. The molecule has 2 aromatic carbocycles. The summed E-state index contributed by atoms with van der Waals surface area (Å²) in [6.45, 7) is 7.25. The summed E-state index contributed by atoms with van der Waals surface area (Å²) in [6, 6.07) is 13.8. The minimum absolute atomic E-state index is 0. The van der Waals surface area contributed by atoms with E-state index < -0.39 is 6.09 Å². The number of aryl methyl sites for hydroxylation is 2. The van der Waals surface area contributed by atoms with Crippen molar-refractivity contribution >= 4 is 29.1 Å². The number of halogens is 1. The van der Waals surface area contributed by atoms with E-state index in [0.717, 1.165) is 61.5 Å². The molecule has 2 aliphatic heterocycles. The van der Waals surface area contributed by atoms with E-state index in [1.165, 1.54) is 0 Å². The third-order valence-electron chi connectivity index (χ3n) is 6.52. The number of hydrogen-bond acceptors (Lipinski definition) is 6. The molecule has 2 heterocycles. The van der Waals surface area contributed by atoms with Crippen LogP contribution in [0.2, 0.25) is 0 Å². The summed E-state index contributed by atoms with van der Waals surface area (Å²) >= 11 is 0. The topological polar surface area (TPSA) is 85.4 Å². The van der Waals surface area contributed by atoms with Crippen LogP contribution in [0.25, 0.3) is 0 Å². The lowest BCUT2D eigenvalue weighted by atomic mass is 10.0. The maximum absolute atomic E-state index is 13.7. The van der Waals surface area contributed by atoms with Crippen LogP contribution in [0.1, 0.15) is 24.5 Å². The highest BCUT2D eigenvalue weighted by Crippen LogP contribution is 2.38. The van der Waals surface area contributed by atoms with Gasteiger partial charge in [-0.15, -0.1) is 0 Å². The first-order valence-corrected chi connectivity index (χ1v) is 12.1. The molecule has 0 atom stereocenters. The second-order valence-electron chi connectivity index (χ2n) is 8.70. The predicted octanol–water partition coefficient (Wildman–Crippen LogP) is 0.0223. The third kappa shape index (κ3) is 6.73. The summed E-state index contributed by atoms with van der Waals surface area (Å²) in [7, 11) is 0. The standard InChI is InChI=1S/C26H34N4O4.ClH/c1-2-34-26(33)27-22-10-9-21-8-7-20-5-3-4-6-23(20)30(24(21)19-22)25(32)11-12-28-13-15-29(16-14-28)17-18-31;/h3-6,9-10,19,31H,2,7-8,11-18H2,1H3,(H,27,33);1H/p-1. The van der Waals surface area contributed by atoms with Crippen molar-refractivity contribution in [3.8, 4) is 0 Å². The molecule has 9 heteroatoms. The molecule has 8 nitrogen and oxygen atoms in total. The van der Waals surface area contributed by atoms with Crippen LogP contribution >= 0.6 is 0 Å². The van der Waals surface area contributed by atoms with Gasteiger partial charge in [0.05, 0.1) is 24.6 Å². The fourth-order valence-electron chi connectivity index (χ4n) is 4.70. The summed E-state index contributed by atoms with van der Waals surface area (Å²) < 4.78 is 5.02. The Labute approximate surface area is 213 Å². The molecule has 190 valence electrons. The molecule has 2 aliphatic rings. The van der Waals surface area contributed by atoms with E-state index in [1.807, 2.05) is 41.3 Å². The van der Waals surface area contributed by atoms with Crippen molar-refractivity contribution in [1.82, 2.24) is 9.80 Å². The molecular weight excluding hydrogens is 468 g/mol. The van der Waals surface area contributed by atoms with E-state index in [1.54, 1.807) is 6.92 Å². The summed E-state index contributed by atoms with van der Waals surface area (Å²) in [5.41, 5.74) is 4.56. The minimum Gasteiger partial charge on any atom is -1.00 e. The Morgan fingerprint density at radius 1 is 0.943 bits per heavy atom. The summed E-state index contributed by atoms with van der Waals surface area (Å²) in [5.74, 6) is 0.0432. The number of para-hydroxylation sites is 1. The number of carbonyl (C=O) groups is 2.